The molecule has 90 valence electrons. The Morgan fingerprint density at radius 1 is 1.24 bits per heavy atom. The van der Waals surface area contributed by atoms with Gasteiger partial charge in [-0.25, -0.2) is 4.98 Å². The summed E-state index contributed by atoms with van der Waals surface area (Å²) in [5.74, 6) is 0.856. The standard InChI is InChI=1S/C13H18N4/c1-3-13(14,4-2)12-16-9-11(17-12)10-5-7-15-8-6-10/h5-9H,3-4,14H2,1-2H3,(H,16,17). The second-order valence-corrected chi connectivity index (χ2v) is 4.24. The molecular weight excluding hydrogens is 212 g/mol. The quantitative estimate of drug-likeness (QED) is 0.847. The lowest BCUT2D eigenvalue weighted by atomic mass is 9.93. The monoisotopic (exact) mass is 230 g/mol. The first kappa shape index (κ1) is 11.8. The number of aromatic nitrogens is 3. The summed E-state index contributed by atoms with van der Waals surface area (Å²) in [5.41, 5.74) is 8.01. The number of imidazole rings is 1. The Labute approximate surface area is 101 Å². The van der Waals surface area contributed by atoms with Crippen LogP contribution in [0, 0.1) is 0 Å². The van der Waals surface area contributed by atoms with Gasteiger partial charge in [-0.3, -0.25) is 4.98 Å². The molecule has 4 heteroatoms. The van der Waals surface area contributed by atoms with Crippen molar-refractivity contribution in [2.24, 2.45) is 5.73 Å². The second kappa shape index (κ2) is 4.67. The molecule has 4 nitrogen and oxygen atoms in total. The van der Waals surface area contributed by atoms with Crippen molar-refractivity contribution < 1.29 is 0 Å². The van der Waals surface area contributed by atoms with E-state index in [1.165, 1.54) is 0 Å². The number of hydrogen-bond acceptors (Lipinski definition) is 3. The highest BCUT2D eigenvalue weighted by Gasteiger charge is 2.26. The van der Waals surface area contributed by atoms with E-state index in [9.17, 15) is 0 Å². The molecule has 0 radical (unpaired) electrons. The lowest BCUT2D eigenvalue weighted by molar-refractivity contribution is 0.391. The van der Waals surface area contributed by atoms with Crippen LogP contribution in [0.1, 0.15) is 32.5 Å². The van der Waals surface area contributed by atoms with Crippen molar-refractivity contribution >= 4 is 0 Å². The van der Waals surface area contributed by atoms with Gasteiger partial charge in [0.25, 0.3) is 0 Å². The molecule has 0 unspecified atom stereocenters. The molecule has 0 saturated carbocycles. The van der Waals surface area contributed by atoms with Crippen molar-refractivity contribution in [1.82, 2.24) is 15.0 Å². The predicted molar refractivity (Wildman–Crippen MR) is 68.3 cm³/mol. The highest BCUT2D eigenvalue weighted by molar-refractivity contribution is 5.57. The van der Waals surface area contributed by atoms with Crippen molar-refractivity contribution in [3.63, 3.8) is 0 Å². The maximum atomic E-state index is 6.30. The first-order valence-corrected chi connectivity index (χ1v) is 5.94. The Morgan fingerprint density at radius 2 is 1.88 bits per heavy atom. The second-order valence-electron chi connectivity index (χ2n) is 4.24. The fraction of sp³-hybridized carbons (Fsp3) is 0.385. The molecule has 2 aromatic heterocycles. The van der Waals surface area contributed by atoms with Gasteiger partial charge < -0.3 is 10.7 Å². The van der Waals surface area contributed by atoms with E-state index >= 15 is 0 Å². The largest absolute Gasteiger partial charge is 0.340 e. The van der Waals surface area contributed by atoms with Crippen LogP contribution < -0.4 is 5.73 Å². The minimum Gasteiger partial charge on any atom is -0.340 e. The van der Waals surface area contributed by atoms with Gasteiger partial charge in [0, 0.05) is 18.0 Å². The Morgan fingerprint density at radius 3 is 2.47 bits per heavy atom. The number of nitrogens with one attached hydrogen (secondary N) is 1. The molecule has 0 bridgehead atoms. The summed E-state index contributed by atoms with van der Waals surface area (Å²) in [6, 6.07) is 3.90. The molecule has 0 amide bonds. The van der Waals surface area contributed by atoms with Gasteiger partial charge in [-0.05, 0) is 25.0 Å². The average Bonchev–Trinajstić information content (AvgIpc) is 2.89. The predicted octanol–water partition coefficient (Wildman–Crippen LogP) is 2.45. The summed E-state index contributed by atoms with van der Waals surface area (Å²) in [4.78, 5) is 11.7. The van der Waals surface area contributed by atoms with E-state index < -0.39 is 0 Å². The zero-order chi connectivity index (χ0) is 12.3. The van der Waals surface area contributed by atoms with Crippen molar-refractivity contribution in [3.8, 4) is 11.3 Å². The Kier molecular flexibility index (Phi) is 3.24. The van der Waals surface area contributed by atoms with Gasteiger partial charge in [0.1, 0.15) is 5.82 Å². The zero-order valence-electron chi connectivity index (χ0n) is 10.3. The van der Waals surface area contributed by atoms with Gasteiger partial charge in [-0.1, -0.05) is 13.8 Å². The molecular formula is C13H18N4. The van der Waals surface area contributed by atoms with Crippen LogP contribution in [0.25, 0.3) is 11.3 Å². The van der Waals surface area contributed by atoms with Crippen molar-refractivity contribution in [2.75, 3.05) is 0 Å². The Balaban J connectivity index is 2.34. The van der Waals surface area contributed by atoms with Crippen LogP contribution >= 0.6 is 0 Å². The summed E-state index contributed by atoms with van der Waals surface area (Å²) in [6.45, 7) is 4.16. The van der Waals surface area contributed by atoms with Crippen molar-refractivity contribution in [1.29, 1.82) is 0 Å². The maximum Gasteiger partial charge on any atom is 0.126 e. The highest BCUT2D eigenvalue weighted by atomic mass is 15.0. The lowest BCUT2D eigenvalue weighted by Crippen LogP contribution is -2.36. The average molecular weight is 230 g/mol. The Hall–Kier alpha value is -1.68. The van der Waals surface area contributed by atoms with Gasteiger partial charge in [-0.2, -0.15) is 0 Å². The van der Waals surface area contributed by atoms with E-state index in [2.05, 4.69) is 28.8 Å². The van der Waals surface area contributed by atoms with Crippen molar-refractivity contribution in [3.05, 3.63) is 36.5 Å². The molecule has 0 aromatic carbocycles. The van der Waals surface area contributed by atoms with E-state index in [4.69, 9.17) is 5.73 Å². The smallest absolute Gasteiger partial charge is 0.126 e. The summed E-state index contributed by atoms with van der Waals surface area (Å²) in [5, 5.41) is 0. The van der Waals surface area contributed by atoms with Crippen LogP contribution in [0.3, 0.4) is 0 Å². The van der Waals surface area contributed by atoms with Gasteiger partial charge in [0.05, 0.1) is 17.4 Å². The first-order chi connectivity index (χ1) is 8.19. The summed E-state index contributed by atoms with van der Waals surface area (Å²) in [7, 11) is 0. The van der Waals surface area contributed by atoms with E-state index in [0.29, 0.717) is 0 Å². The van der Waals surface area contributed by atoms with Gasteiger partial charge in [-0.15, -0.1) is 0 Å². The van der Waals surface area contributed by atoms with Crippen LogP contribution in [0.15, 0.2) is 30.7 Å². The molecule has 0 aliphatic carbocycles. The van der Waals surface area contributed by atoms with E-state index in [0.717, 1.165) is 29.9 Å². The number of H-pyrrole nitrogens is 1. The fourth-order valence-electron chi connectivity index (χ4n) is 1.84. The van der Waals surface area contributed by atoms with Crippen LogP contribution in [0.5, 0.6) is 0 Å². The zero-order valence-corrected chi connectivity index (χ0v) is 10.3. The number of nitrogens with two attached hydrogens (primary N) is 1. The number of rotatable bonds is 4. The number of hydrogen-bond donors (Lipinski definition) is 2. The lowest BCUT2D eigenvalue weighted by Gasteiger charge is -2.23. The summed E-state index contributed by atoms with van der Waals surface area (Å²) >= 11 is 0. The Bertz CT molecular complexity index is 471. The maximum absolute atomic E-state index is 6.30. The third kappa shape index (κ3) is 2.22. The van der Waals surface area contributed by atoms with Crippen LogP contribution in [0.2, 0.25) is 0 Å². The van der Waals surface area contributed by atoms with E-state index in [1.807, 2.05) is 18.3 Å². The molecule has 2 heterocycles. The fourth-order valence-corrected chi connectivity index (χ4v) is 1.84. The number of nitrogens with zero attached hydrogens (tertiary/aromatic N) is 2. The molecule has 0 saturated heterocycles. The number of pyridine rings is 1. The van der Waals surface area contributed by atoms with Crippen LogP contribution in [-0.2, 0) is 5.54 Å². The van der Waals surface area contributed by atoms with Gasteiger partial charge in [0.15, 0.2) is 0 Å². The molecule has 0 aliphatic heterocycles. The summed E-state index contributed by atoms with van der Waals surface area (Å²) < 4.78 is 0. The molecule has 0 aliphatic rings. The topological polar surface area (TPSA) is 67.6 Å². The minimum absolute atomic E-state index is 0.356. The third-order valence-electron chi connectivity index (χ3n) is 3.30. The minimum atomic E-state index is -0.356. The first-order valence-electron chi connectivity index (χ1n) is 5.94. The molecule has 0 atom stereocenters. The van der Waals surface area contributed by atoms with Crippen LogP contribution in [-0.4, -0.2) is 15.0 Å². The number of aromatic amines is 1. The normalized spacial score (nSPS) is 11.7. The highest BCUT2D eigenvalue weighted by Crippen LogP contribution is 2.25. The molecule has 3 N–H and O–H groups in total. The van der Waals surface area contributed by atoms with E-state index in [-0.39, 0.29) is 5.54 Å². The molecule has 2 rings (SSSR count). The molecule has 0 spiro atoms. The SMILES string of the molecule is CCC(N)(CC)c1ncc(-c2ccncc2)[nH]1. The third-order valence-corrected chi connectivity index (χ3v) is 3.30. The molecule has 17 heavy (non-hydrogen) atoms. The van der Waals surface area contributed by atoms with Crippen LogP contribution in [0.4, 0.5) is 0 Å². The van der Waals surface area contributed by atoms with Gasteiger partial charge in [0.2, 0.25) is 0 Å². The van der Waals surface area contributed by atoms with Gasteiger partial charge >= 0.3 is 0 Å². The van der Waals surface area contributed by atoms with E-state index in [1.54, 1.807) is 12.4 Å². The van der Waals surface area contributed by atoms with Crippen molar-refractivity contribution in [2.45, 2.75) is 32.2 Å². The molecule has 0 fully saturated rings. The summed E-state index contributed by atoms with van der Waals surface area (Å²) in [6.07, 6.45) is 7.10. The molecule has 2 aromatic rings.